The lowest BCUT2D eigenvalue weighted by molar-refractivity contribution is 0.102. The number of aromatic nitrogens is 3. The number of furan rings is 1. The summed E-state index contributed by atoms with van der Waals surface area (Å²) < 4.78 is 26.1. The number of hydrogen-bond acceptors (Lipinski definition) is 6. The molecule has 0 aliphatic heterocycles. The molecule has 0 bridgehead atoms. The Morgan fingerprint density at radius 2 is 1.97 bits per heavy atom. The second-order valence-corrected chi connectivity index (χ2v) is 7.47. The number of carbonyl (C=O) groups excluding carboxylic acids is 1. The summed E-state index contributed by atoms with van der Waals surface area (Å²) in [5.41, 5.74) is 3.17. The van der Waals surface area contributed by atoms with Gasteiger partial charge in [0, 0.05) is 22.5 Å². The molecule has 8 heteroatoms. The van der Waals surface area contributed by atoms with Gasteiger partial charge in [-0.2, -0.15) is 0 Å². The summed E-state index contributed by atoms with van der Waals surface area (Å²) in [5, 5.41) is 8.21. The SMILES string of the molecule is Cc1cc(C(=O)CSc2nnc(-c3ccc(F)cc3)o2)c(C)n1Cc1ccco1. The zero-order valence-corrected chi connectivity index (χ0v) is 16.7. The van der Waals surface area contributed by atoms with Crippen molar-refractivity contribution in [1.29, 1.82) is 0 Å². The first-order chi connectivity index (χ1) is 14.0. The fourth-order valence-electron chi connectivity index (χ4n) is 3.07. The zero-order chi connectivity index (χ0) is 20.4. The molecule has 0 fully saturated rings. The molecule has 0 atom stereocenters. The molecule has 0 N–H and O–H groups in total. The van der Waals surface area contributed by atoms with Gasteiger partial charge in [-0.25, -0.2) is 4.39 Å². The van der Waals surface area contributed by atoms with Crippen LogP contribution in [0.4, 0.5) is 4.39 Å². The van der Waals surface area contributed by atoms with E-state index in [2.05, 4.69) is 14.8 Å². The quantitative estimate of drug-likeness (QED) is 0.318. The van der Waals surface area contributed by atoms with Crippen molar-refractivity contribution in [3.8, 4) is 11.5 Å². The summed E-state index contributed by atoms with van der Waals surface area (Å²) in [7, 11) is 0. The maximum absolute atomic E-state index is 13.0. The minimum atomic E-state index is -0.335. The van der Waals surface area contributed by atoms with Crippen molar-refractivity contribution in [2.45, 2.75) is 25.6 Å². The predicted octanol–water partition coefficient (Wildman–Crippen LogP) is 4.91. The number of halogens is 1. The predicted molar refractivity (Wildman–Crippen MR) is 106 cm³/mol. The Bertz CT molecular complexity index is 1130. The molecule has 0 unspecified atom stereocenters. The average molecular weight is 411 g/mol. The molecule has 3 heterocycles. The fourth-order valence-corrected chi connectivity index (χ4v) is 3.71. The van der Waals surface area contributed by atoms with Crippen LogP contribution in [0.15, 0.2) is 62.8 Å². The van der Waals surface area contributed by atoms with Gasteiger partial charge in [-0.15, -0.1) is 10.2 Å². The normalized spacial score (nSPS) is 11.1. The van der Waals surface area contributed by atoms with Crippen molar-refractivity contribution in [3.05, 3.63) is 77.3 Å². The Morgan fingerprint density at radius 1 is 1.17 bits per heavy atom. The van der Waals surface area contributed by atoms with Crippen LogP contribution in [0.25, 0.3) is 11.5 Å². The Kier molecular flexibility index (Phi) is 5.35. The van der Waals surface area contributed by atoms with Crippen LogP contribution in [0.5, 0.6) is 0 Å². The lowest BCUT2D eigenvalue weighted by Crippen LogP contribution is -2.07. The van der Waals surface area contributed by atoms with E-state index in [1.165, 1.54) is 23.9 Å². The smallest absolute Gasteiger partial charge is 0.277 e. The highest BCUT2D eigenvalue weighted by Gasteiger charge is 2.18. The first-order valence-electron chi connectivity index (χ1n) is 8.96. The molecule has 0 radical (unpaired) electrons. The number of ketones is 1. The molecule has 0 aliphatic carbocycles. The number of aryl methyl sites for hydroxylation is 1. The highest BCUT2D eigenvalue weighted by atomic mass is 32.2. The van der Waals surface area contributed by atoms with E-state index in [0.717, 1.165) is 17.1 Å². The van der Waals surface area contributed by atoms with Gasteiger partial charge >= 0.3 is 0 Å². The topological polar surface area (TPSA) is 74.1 Å². The van der Waals surface area contributed by atoms with E-state index in [4.69, 9.17) is 8.83 Å². The number of Topliss-reactive ketones (excluding diaryl/α,β-unsaturated/α-hetero) is 1. The van der Waals surface area contributed by atoms with Crippen molar-refractivity contribution in [2.75, 3.05) is 5.75 Å². The van der Waals surface area contributed by atoms with E-state index in [1.54, 1.807) is 18.4 Å². The third-order valence-electron chi connectivity index (χ3n) is 4.59. The van der Waals surface area contributed by atoms with Gasteiger partial charge in [0.15, 0.2) is 5.78 Å². The largest absolute Gasteiger partial charge is 0.467 e. The zero-order valence-electron chi connectivity index (χ0n) is 15.9. The van der Waals surface area contributed by atoms with Crippen LogP contribution in [0.3, 0.4) is 0 Å². The Hall–Kier alpha value is -3.13. The van der Waals surface area contributed by atoms with E-state index in [0.29, 0.717) is 22.9 Å². The van der Waals surface area contributed by atoms with E-state index >= 15 is 0 Å². The molecule has 4 aromatic rings. The number of rotatable bonds is 7. The lowest BCUT2D eigenvalue weighted by atomic mass is 10.2. The molecule has 6 nitrogen and oxygen atoms in total. The molecule has 29 heavy (non-hydrogen) atoms. The van der Waals surface area contributed by atoms with Crippen LogP contribution >= 0.6 is 11.8 Å². The molecule has 0 saturated carbocycles. The van der Waals surface area contributed by atoms with Crippen molar-refractivity contribution >= 4 is 17.5 Å². The Balaban J connectivity index is 1.43. The fraction of sp³-hybridized carbons (Fsp3) is 0.190. The average Bonchev–Trinajstić information content (AvgIpc) is 3.45. The Morgan fingerprint density at radius 3 is 2.69 bits per heavy atom. The molecule has 4 rings (SSSR count). The van der Waals surface area contributed by atoms with Crippen LogP contribution in [-0.4, -0.2) is 26.3 Å². The van der Waals surface area contributed by atoms with Crippen LogP contribution in [-0.2, 0) is 6.54 Å². The third kappa shape index (κ3) is 4.17. The monoisotopic (exact) mass is 411 g/mol. The van der Waals surface area contributed by atoms with E-state index < -0.39 is 0 Å². The molecule has 1 aromatic carbocycles. The van der Waals surface area contributed by atoms with Gasteiger partial charge in [0.2, 0.25) is 5.89 Å². The van der Waals surface area contributed by atoms with Gasteiger partial charge in [0.1, 0.15) is 11.6 Å². The lowest BCUT2D eigenvalue weighted by Gasteiger charge is -2.07. The first-order valence-corrected chi connectivity index (χ1v) is 9.94. The summed E-state index contributed by atoms with van der Waals surface area (Å²) in [6.45, 7) is 4.47. The number of thioether (sulfide) groups is 1. The highest BCUT2D eigenvalue weighted by Crippen LogP contribution is 2.25. The van der Waals surface area contributed by atoms with Gasteiger partial charge in [0.05, 0.1) is 18.6 Å². The first kappa shape index (κ1) is 19.2. The van der Waals surface area contributed by atoms with Crippen LogP contribution in [0.2, 0.25) is 0 Å². The molecule has 3 aromatic heterocycles. The maximum atomic E-state index is 13.0. The summed E-state index contributed by atoms with van der Waals surface area (Å²) >= 11 is 1.18. The molecule has 148 valence electrons. The van der Waals surface area contributed by atoms with Crippen LogP contribution in [0, 0.1) is 19.7 Å². The molecule has 0 aliphatic rings. The van der Waals surface area contributed by atoms with Gasteiger partial charge in [-0.3, -0.25) is 4.79 Å². The van der Waals surface area contributed by atoms with Gasteiger partial charge < -0.3 is 13.4 Å². The number of carbonyl (C=O) groups is 1. The van der Waals surface area contributed by atoms with Crippen molar-refractivity contribution in [1.82, 2.24) is 14.8 Å². The minimum absolute atomic E-state index is 0.0182. The van der Waals surface area contributed by atoms with Crippen molar-refractivity contribution < 1.29 is 18.0 Å². The van der Waals surface area contributed by atoms with E-state index in [-0.39, 0.29) is 23.2 Å². The minimum Gasteiger partial charge on any atom is -0.467 e. The van der Waals surface area contributed by atoms with Gasteiger partial charge in [-0.1, -0.05) is 11.8 Å². The van der Waals surface area contributed by atoms with Crippen LogP contribution < -0.4 is 0 Å². The molecule has 0 saturated heterocycles. The van der Waals surface area contributed by atoms with Crippen molar-refractivity contribution in [2.24, 2.45) is 0 Å². The molecule has 0 spiro atoms. The number of hydrogen-bond donors (Lipinski definition) is 0. The summed E-state index contributed by atoms with van der Waals surface area (Å²) in [4.78, 5) is 12.7. The summed E-state index contributed by atoms with van der Waals surface area (Å²) in [6, 6.07) is 11.4. The summed E-state index contributed by atoms with van der Waals surface area (Å²) in [6.07, 6.45) is 1.64. The maximum Gasteiger partial charge on any atom is 0.277 e. The summed E-state index contributed by atoms with van der Waals surface area (Å²) in [5.74, 6) is 0.945. The van der Waals surface area contributed by atoms with E-state index in [1.807, 2.05) is 32.0 Å². The second kappa shape index (κ2) is 8.08. The number of nitrogens with zero attached hydrogens (tertiary/aromatic N) is 3. The van der Waals surface area contributed by atoms with Gasteiger partial charge in [-0.05, 0) is 56.3 Å². The molecule has 0 amide bonds. The number of benzene rings is 1. The van der Waals surface area contributed by atoms with Crippen LogP contribution in [0.1, 0.15) is 27.5 Å². The third-order valence-corrected chi connectivity index (χ3v) is 5.41. The van der Waals surface area contributed by atoms with Crippen molar-refractivity contribution in [3.63, 3.8) is 0 Å². The standard InChI is InChI=1S/C21H18FN3O3S/c1-13-10-18(14(2)25(13)11-17-4-3-9-27-17)19(26)12-29-21-24-23-20(28-21)15-5-7-16(22)8-6-15/h3-10H,11-12H2,1-2H3. The molecular formula is C21H18FN3O3S. The second-order valence-electron chi connectivity index (χ2n) is 6.54. The Labute approximate surface area is 170 Å². The van der Waals surface area contributed by atoms with E-state index in [9.17, 15) is 9.18 Å². The molecular weight excluding hydrogens is 393 g/mol. The highest BCUT2D eigenvalue weighted by molar-refractivity contribution is 7.99. The van der Waals surface area contributed by atoms with Gasteiger partial charge in [0.25, 0.3) is 5.22 Å².